The van der Waals surface area contributed by atoms with E-state index in [1.54, 1.807) is 0 Å². The number of carbonyl (C=O) groups excluding carboxylic acids is 1. The first-order valence-corrected chi connectivity index (χ1v) is 4.71. The maximum absolute atomic E-state index is 13.1. The molecule has 82 valence electrons. The molecule has 4 heteroatoms. The van der Waals surface area contributed by atoms with Gasteiger partial charge in [0, 0.05) is 6.61 Å². The summed E-state index contributed by atoms with van der Waals surface area (Å²) in [5.41, 5.74) is -0.258. The van der Waals surface area contributed by atoms with Crippen molar-refractivity contribution in [2.24, 2.45) is 0 Å². The average molecular weight is 214 g/mol. The molecule has 0 fully saturated rings. The third kappa shape index (κ3) is 3.40. The van der Waals surface area contributed by atoms with Gasteiger partial charge in [-0.2, -0.15) is 0 Å². The molecular formula is C11H12F2O2. The highest BCUT2D eigenvalue weighted by Gasteiger charge is 2.12. The summed E-state index contributed by atoms with van der Waals surface area (Å²) in [5.74, 6) is -1.89. The van der Waals surface area contributed by atoms with E-state index in [0.29, 0.717) is 6.61 Å². The summed E-state index contributed by atoms with van der Waals surface area (Å²) < 4.78 is 30.8. The van der Waals surface area contributed by atoms with Crippen molar-refractivity contribution < 1.29 is 18.3 Å². The van der Waals surface area contributed by atoms with Gasteiger partial charge in [-0.1, -0.05) is 6.92 Å². The first-order valence-electron chi connectivity index (χ1n) is 4.71. The number of Topliss-reactive ketones (excluding diaryl/α,β-unsaturated/α-hetero) is 1. The minimum atomic E-state index is -0.721. The van der Waals surface area contributed by atoms with Gasteiger partial charge in [0.15, 0.2) is 5.78 Å². The predicted molar refractivity (Wildman–Crippen MR) is 51.8 cm³/mol. The van der Waals surface area contributed by atoms with Crippen LogP contribution in [0.15, 0.2) is 18.2 Å². The molecule has 0 heterocycles. The van der Waals surface area contributed by atoms with Gasteiger partial charge in [-0.25, -0.2) is 8.78 Å². The quantitative estimate of drug-likeness (QED) is 0.556. The van der Waals surface area contributed by atoms with E-state index < -0.39 is 17.4 Å². The highest BCUT2D eigenvalue weighted by Crippen LogP contribution is 2.10. The molecule has 0 atom stereocenters. The molecule has 0 unspecified atom stereocenters. The maximum atomic E-state index is 13.1. The molecule has 0 aliphatic heterocycles. The highest BCUT2D eigenvalue weighted by molar-refractivity contribution is 5.97. The summed E-state index contributed by atoms with van der Waals surface area (Å²) in [5, 5.41) is 0. The van der Waals surface area contributed by atoms with Gasteiger partial charge in [0.25, 0.3) is 0 Å². The normalized spacial score (nSPS) is 10.3. The molecular weight excluding hydrogens is 202 g/mol. The second kappa shape index (κ2) is 5.56. The van der Waals surface area contributed by atoms with Crippen molar-refractivity contribution in [3.05, 3.63) is 35.4 Å². The molecule has 2 nitrogen and oxygen atoms in total. The SMILES string of the molecule is CCCOCC(=O)c1cc(F)ccc1F. The molecule has 0 saturated carbocycles. The molecule has 0 aliphatic rings. The van der Waals surface area contributed by atoms with E-state index in [-0.39, 0.29) is 12.2 Å². The second-order valence-corrected chi connectivity index (χ2v) is 3.10. The number of benzene rings is 1. The Morgan fingerprint density at radius 1 is 1.40 bits per heavy atom. The molecule has 1 aromatic rings. The molecule has 1 aromatic carbocycles. The topological polar surface area (TPSA) is 26.3 Å². The van der Waals surface area contributed by atoms with Crippen molar-refractivity contribution in [3.8, 4) is 0 Å². The Labute approximate surface area is 86.9 Å². The zero-order chi connectivity index (χ0) is 11.3. The molecule has 0 radical (unpaired) electrons. The fraction of sp³-hybridized carbons (Fsp3) is 0.364. The summed E-state index contributed by atoms with van der Waals surface area (Å²) in [7, 11) is 0. The number of ketones is 1. The zero-order valence-electron chi connectivity index (χ0n) is 8.43. The minimum Gasteiger partial charge on any atom is -0.373 e. The van der Waals surface area contributed by atoms with Crippen molar-refractivity contribution >= 4 is 5.78 Å². The summed E-state index contributed by atoms with van der Waals surface area (Å²) in [4.78, 5) is 11.4. The summed E-state index contributed by atoms with van der Waals surface area (Å²) in [6, 6.07) is 2.79. The van der Waals surface area contributed by atoms with Gasteiger partial charge in [-0.05, 0) is 24.6 Å². The van der Waals surface area contributed by atoms with Gasteiger partial charge in [0.2, 0.25) is 0 Å². The van der Waals surface area contributed by atoms with Crippen LogP contribution < -0.4 is 0 Å². The predicted octanol–water partition coefficient (Wildman–Crippen LogP) is 2.57. The Morgan fingerprint density at radius 3 is 2.80 bits per heavy atom. The zero-order valence-corrected chi connectivity index (χ0v) is 8.43. The summed E-state index contributed by atoms with van der Waals surface area (Å²) in [6.45, 7) is 2.12. The lowest BCUT2D eigenvalue weighted by molar-refractivity contribution is 0.0757. The van der Waals surface area contributed by atoms with E-state index in [1.807, 2.05) is 6.92 Å². The van der Waals surface area contributed by atoms with Crippen LogP contribution in [0, 0.1) is 11.6 Å². The van der Waals surface area contributed by atoms with E-state index >= 15 is 0 Å². The lowest BCUT2D eigenvalue weighted by Crippen LogP contribution is -2.11. The minimum absolute atomic E-state index is 0.214. The van der Waals surface area contributed by atoms with Crippen LogP contribution in [0.4, 0.5) is 8.78 Å². The Hall–Kier alpha value is -1.29. The molecule has 0 amide bonds. The average Bonchev–Trinajstić information content (AvgIpc) is 2.22. The maximum Gasteiger partial charge on any atom is 0.191 e. The molecule has 1 rings (SSSR count). The first-order chi connectivity index (χ1) is 7.15. The van der Waals surface area contributed by atoms with E-state index in [0.717, 1.165) is 24.6 Å². The van der Waals surface area contributed by atoms with Crippen molar-refractivity contribution in [1.82, 2.24) is 0 Å². The van der Waals surface area contributed by atoms with Crippen molar-refractivity contribution in [3.63, 3.8) is 0 Å². The van der Waals surface area contributed by atoms with Gasteiger partial charge in [0.05, 0.1) is 5.56 Å². The summed E-state index contributed by atoms with van der Waals surface area (Å²) >= 11 is 0. The smallest absolute Gasteiger partial charge is 0.191 e. The number of halogens is 2. The monoisotopic (exact) mass is 214 g/mol. The number of rotatable bonds is 5. The van der Waals surface area contributed by atoms with E-state index in [9.17, 15) is 13.6 Å². The number of ether oxygens (including phenoxy) is 1. The Balaban J connectivity index is 2.68. The van der Waals surface area contributed by atoms with Crippen LogP contribution in [0.25, 0.3) is 0 Å². The Bertz CT molecular complexity index is 350. The van der Waals surface area contributed by atoms with Crippen molar-refractivity contribution in [2.75, 3.05) is 13.2 Å². The van der Waals surface area contributed by atoms with Crippen LogP contribution in [-0.2, 0) is 4.74 Å². The standard InChI is InChI=1S/C11H12F2O2/c1-2-5-15-7-11(14)9-6-8(12)3-4-10(9)13/h3-4,6H,2,5,7H2,1H3. The van der Waals surface area contributed by atoms with Gasteiger partial charge in [-0.15, -0.1) is 0 Å². The molecule has 0 spiro atoms. The van der Waals surface area contributed by atoms with E-state index in [1.165, 1.54) is 0 Å². The lowest BCUT2D eigenvalue weighted by Gasteiger charge is -2.03. The van der Waals surface area contributed by atoms with Crippen molar-refractivity contribution in [2.45, 2.75) is 13.3 Å². The Morgan fingerprint density at radius 2 is 2.13 bits per heavy atom. The van der Waals surface area contributed by atoms with Crippen LogP contribution in [0.1, 0.15) is 23.7 Å². The molecule has 15 heavy (non-hydrogen) atoms. The molecule has 0 saturated heterocycles. The van der Waals surface area contributed by atoms with Gasteiger partial charge in [0.1, 0.15) is 18.2 Å². The van der Waals surface area contributed by atoms with Gasteiger partial charge < -0.3 is 4.74 Å². The highest BCUT2D eigenvalue weighted by atomic mass is 19.1. The van der Waals surface area contributed by atoms with Crippen LogP contribution in [-0.4, -0.2) is 19.0 Å². The third-order valence-electron chi connectivity index (χ3n) is 1.81. The van der Waals surface area contributed by atoms with Crippen LogP contribution in [0.5, 0.6) is 0 Å². The van der Waals surface area contributed by atoms with Crippen LogP contribution in [0.2, 0.25) is 0 Å². The number of hydrogen-bond donors (Lipinski definition) is 0. The summed E-state index contributed by atoms with van der Waals surface area (Å²) in [6.07, 6.45) is 0.777. The Kier molecular flexibility index (Phi) is 4.37. The van der Waals surface area contributed by atoms with E-state index in [4.69, 9.17) is 4.74 Å². The van der Waals surface area contributed by atoms with Crippen LogP contribution in [0.3, 0.4) is 0 Å². The largest absolute Gasteiger partial charge is 0.373 e. The first kappa shape index (κ1) is 11.8. The molecule has 0 aliphatic carbocycles. The lowest BCUT2D eigenvalue weighted by atomic mass is 10.1. The number of carbonyl (C=O) groups is 1. The van der Waals surface area contributed by atoms with E-state index in [2.05, 4.69) is 0 Å². The molecule has 0 bridgehead atoms. The van der Waals surface area contributed by atoms with Crippen molar-refractivity contribution in [1.29, 1.82) is 0 Å². The van der Waals surface area contributed by atoms with Gasteiger partial charge in [-0.3, -0.25) is 4.79 Å². The number of hydrogen-bond acceptors (Lipinski definition) is 2. The molecule has 0 aromatic heterocycles. The third-order valence-corrected chi connectivity index (χ3v) is 1.81. The van der Waals surface area contributed by atoms with Gasteiger partial charge >= 0.3 is 0 Å². The second-order valence-electron chi connectivity index (χ2n) is 3.10. The fourth-order valence-corrected chi connectivity index (χ4v) is 1.10. The van der Waals surface area contributed by atoms with Crippen LogP contribution >= 0.6 is 0 Å². The molecule has 0 N–H and O–H groups in total. The fourth-order valence-electron chi connectivity index (χ4n) is 1.10.